The highest BCUT2D eigenvalue weighted by Crippen LogP contribution is 2.17. The van der Waals surface area contributed by atoms with E-state index in [0.717, 1.165) is 22.1 Å². The first-order valence-electron chi connectivity index (χ1n) is 8.37. The van der Waals surface area contributed by atoms with Crippen LogP contribution in [0.4, 0.5) is 5.69 Å². The zero-order valence-electron chi connectivity index (χ0n) is 14.7. The Bertz CT molecular complexity index is 742. The van der Waals surface area contributed by atoms with Crippen LogP contribution >= 0.6 is 15.9 Å². The maximum Gasteiger partial charge on any atom is 0.251 e. The molecule has 0 aliphatic carbocycles. The van der Waals surface area contributed by atoms with Gasteiger partial charge in [-0.2, -0.15) is 0 Å². The molecule has 2 amide bonds. The van der Waals surface area contributed by atoms with Crippen molar-refractivity contribution < 1.29 is 9.59 Å². The summed E-state index contributed by atoms with van der Waals surface area (Å²) in [5.74, 6) is -0.500. The lowest BCUT2D eigenvalue weighted by atomic mass is 10.0. The summed E-state index contributed by atoms with van der Waals surface area (Å²) < 4.78 is 0.901. The van der Waals surface area contributed by atoms with Crippen molar-refractivity contribution in [2.24, 2.45) is 5.92 Å². The second kappa shape index (κ2) is 8.81. The smallest absolute Gasteiger partial charge is 0.251 e. The molecule has 132 valence electrons. The average Bonchev–Trinajstić information content (AvgIpc) is 2.60. The van der Waals surface area contributed by atoms with E-state index in [9.17, 15) is 9.59 Å². The summed E-state index contributed by atoms with van der Waals surface area (Å²) in [5.41, 5.74) is 2.38. The van der Waals surface area contributed by atoms with Crippen LogP contribution in [0.1, 0.15) is 36.7 Å². The summed E-state index contributed by atoms with van der Waals surface area (Å²) in [6.45, 7) is 5.87. The molecule has 5 heteroatoms. The van der Waals surface area contributed by atoms with E-state index in [1.54, 1.807) is 24.3 Å². The molecule has 2 aromatic carbocycles. The van der Waals surface area contributed by atoms with Crippen molar-refractivity contribution in [2.75, 3.05) is 5.32 Å². The van der Waals surface area contributed by atoms with Crippen LogP contribution in [0, 0.1) is 5.92 Å². The van der Waals surface area contributed by atoms with Gasteiger partial charge in [0, 0.05) is 15.7 Å². The molecule has 0 spiro atoms. The van der Waals surface area contributed by atoms with Gasteiger partial charge < -0.3 is 10.6 Å². The third-order valence-electron chi connectivity index (χ3n) is 4.00. The van der Waals surface area contributed by atoms with Gasteiger partial charge in [0.05, 0.1) is 0 Å². The van der Waals surface area contributed by atoms with Crippen LogP contribution in [0.15, 0.2) is 53.0 Å². The second-order valence-electron chi connectivity index (χ2n) is 6.20. The summed E-state index contributed by atoms with van der Waals surface area (Å²) in [6, 6.07) is 14.1. The van der Waals surface area contributed by atoms with Crippen molar-refractivity contribution in [3.05, 3.63) is 64.1 Å². The molecule has 2 rings (SSSR count). The molecule has 4 nitrogen and oxygen atoms in total. The van der Waals surface area contributed by atoms with Gasteiger partial charge in [-0.1, -0.05) is 54.9 Å². The van der Waals surface area contributed by atoms with E-state index < -0.39 is 6.04 Å². The van der Waals surface area contributed by atoms with E-state index >= 15 is 0 Å². The van der Waals surface area contributed by atoms with Gasteiger partial charge in [0.1, 0.15) is 6.04 Å². The predicted octanol–water partition coefficient (Wildman–Crippen LogP) is 4.40. The van der Waals surface area contributed by atoms with Crippen LogP contribution in [0.5, 0.6) is 0 Å². The molecule has 0 heterocycles. The van der Waals surface area contributed by atoms with Crippen LogP contribution in [-0.2, 0) is 11.2 Å². The molecule has 2 N–H and O–H groups in total. The number of aryl methyl sites for hydroxylation is 1. The summed E-state index contributed by atoms with van der Waals surface area (Å²) >= 11 is 3.35. The number of carbonyl (C=O) groups is 2. The molecule has 0 bridgehead atoms. The number of carbonyl (C=O) groups excluding carboxylic acids is 2. The van der Waals surface area contributed by atoms with Crippen LogP contribution in [0.3, 0.4) is 0 Å². The van der Waals surface area contributed by atoms with Crippen molar-refractivity contribution >= 4 is 33.4 Å². The van der Waals surface area contributed by atoms with Gasteiger partial charge in [-0.05, 0) is 48.2 Å². The summed E-state index contributed by atoms with van der Waals surface area (Å²) in [7, 11) is 0. The molecule has 0 saturated heterocycles. The number of rotatable bonds is 6. The predicted molar refractivity (Wildman–Crippen MR) is 105 cm³/mol. The largest absolute Gasteiger partial charge is 0.340 e. The number of halogens is 1. The Labute approximate surface area is 157 Å². The number of nitrogens with one attached hydrogen (secondary N) is 2. The summed E-state index contributed by atoms with van der Waals surface area (Å²) in [5, 5.41) is 5.79. The van der Waals surface area contributed by atoms with E-state index in [1.165, 1.54) is 0 Å². The van der Waals surface area contributed by atoms with Gasteiger partial charge in [-0.25, -0.2) is 0 Å². The fraction of sp³-hybridized carbons (Fsp3) is 0.300. The van der Waals surface area contributed by atoms with Gasteiger partial charge in [0.25, 0.3) is 5.91 Å². The normalized spacial score (nSPS) is 11.9. The molecule has 0 aliphatic heterocycles. The second-order valence-corrected chi connectivity index (χ2v) is 7.12. The lowest BCUT2D eigenvalue weighted by Crippen LogP contribution is -2.47. The number of benzene rings is 2. The first-order chi connectivity index (χ1) is 11.9. The topological polar surface area (TPSA) is 58.2 Å². The Morgan fingerprint density at radius 2 is 1.68 bits per heavy atom. The highest BCUT2D eigenvalue weighted by molar-refractivity contribution is 9.10. The first kappa shape index (κ1) is 19.2. The Kier molecular flexibility index (Phi) is 6.76. The van der Waals surface area contributed by atoms with Crippen molar-refractivity contribution in [1.82, 2.24) is 5.32 Å². The quantitative estimate of drug-likeness (QED) is 0.751. The molecule has 2 aromatic rings. The third kappa shape index (κ3) is 5.16. The van der Waals surface area contributed by atoms with Gasteiger partial charge in [-0.3, -0.25) is 9.59 Å². The van der Waals surface area contributed by atoms with Crippen LogP contribution in [0.2, 0.25) is 0 Å². The van der Waals surface area contributed by atoms with Gasteiger partial charge in [0.15, 0.2) is 0 Å². The minimum Gasteiger partial charge on any atom is -0.340 e. The zero-order chi connectivity index (χ0) is 18.4. The maximum atomic E-state index is 12.7. The number of para-hydroxylation sites is 1. The van der Waals surface area contributed by atoms with E-state index in [-0.39, 0.29) is 17.7 Å². The van der Waals surface area contributed by atoms with E-state index in [1.807, 2.05) is 45.0 Å². The minimum atomic E-state index is -0.610. The van der Waals surface area contributed by atoms with Gasteiger partial charge >= 0.3 is 0 Å². The zero-order valence-corrected chi connectivity index (χ0v) is 16.3. The molecule has 0 aromatic heterocycles. The molecular formula is C20H23BrN2O2. The van der Waals surface area contributed by atoms with Crippen LogP contribution in [-0.4, -0.2) is 17.9 Å². The average molecular weight is 403 g/mol. The van der Waals surface area contributed by atoms with Gasteiger partial charge in [0.2, 0.25) is 5.91 Å². The van der Waals surface area contributed by atoms with Crippen molar-refractivity contribution in [3.63, 3.8) is 0 Å². The highest BCUT2D eigenvalue weighted by Gasteiger charge is 2.25. The van der Waals surface area contributed by atoms with Crippen molar-refractivity contribution in [1.29, 1.82) is 0 Å². The van der Waals surface area contributed by atoms with Crippen molar-refractivity contribution in [2.45, 2.75) is 33.2 Å². The maximum absolute atomic E-state index is 12.7. The highest BCUT2D eigenvalue weighted by atomic mass is 79.9. The van der Waals surface area contributed by atoms with Crippen molar-refractivity contribution in [3.8, 4) is 0 Å². The first-order valence-corrected chi connectivity index (χ1v) is 9.16. The van der Waals surface area contributed by atoms with E-state index in [4.69, 9.17) is 0 Å². The molecule has 25 heavy (non-hydrogen) atoms. The number of amides is 2. The standard InChI is InChI=1S/C20H23BrN2O2/c1-4-14-7-5-6-8-17(14)22-20(25)18(13(2)3)23-19(24)15-9-11-16(21)12-10-15/h5-13,18H,4H2,1-3H3,(H,22,25)(H,23,24)/t18-/m0/s1. The molecule has 0 fully saturated rings. The fourth-order valence-electron chi connectivity index (χ4n) is 2.52. The Morgan fingerprint density at radius 1 is 1.04 bits per heavy atom. The number of anilines is 1. The van der Waals surface area contributed by atoms with Gasteiger partial charge in [-0.15, -0.1) is 0 Å². The molecule has 0 radical (unpaired) electrons. The summed E-state index contributed by atoms with van der Waals surface area (Å²) in [4.78, 5) is 25.2. The number of hydrogen-bond donors (Lipinski definition) is 2. The van der Waals surface area contributed by atoms with Crippen LogP contribution in [0.25, 0.3) is 0 Å². The molecule has 0 unspecified atom stereocenters. The summed E-state index contributed by atoms with van der Waals surface area (Å²) in [6.07, 6.45) is 0.827. The number of hydrogen-bond acceptors (Lipinski definition) is 2. The minimum absolute atomic E-state index is 0.0341. The van der Waals surface area contributed by atoms with E-state index in [0.29, 0.717) is 5.56 Å². The Balaban J connectivity index is 2.12. The fourth-order valence-corrected chi connectivity index (χ4v) is 2.79. The Morgan fingerprint density at radius 3 is 2.28 bits per heavy atom. The monoisotopic (exact) mass is 402 g/mol. The Hall–Kier alpha value is -2.14. The molecule has 0 aliphatic rings. The molecule has 1 atom stereocenters. The molecule has 0 saturated carbocycles. The van der Waals surface area contributed by atoms with E-state index in [2.05, 4.69) is 26.6 Å². The lowest BCUT2D eigenvalue weighted by Gasteiger charge is -2.22. The molecular weight excluding hydrogens is 380 g/mol. The third-order valence-corrected chi connectivity index (χ3v) is 4.53. The lowest BCUT2D eigenvalue weighted by molar-refractivity contribution is -0.118. The van der Waals surface area contributed by atoms with Crippen LogP contribution < -0.4 is 10.6 Å². The SMILES string of the molecule is CCc1ccccc1NC(=O)[C@@H](NC(=O)c1ccc(Br)cc1)C(C)C.